The summed E-state index contributed by atoms with van der Waals surface area (Å²) < 4.78 is 1.16. The van der Waals surface area contributed by atoms with Crippen LogP contribution in [0.2, 0.25) is 0 Å². The highest BCUT2D eigenvalue weighted by atomic mass is 32.1. The van der Waals surface area contributed by atoms with Gasteiger partial charge < -0.3 is 10.0 Å². The molecule has 1 amide bonds. The Labute approximate surface area is 144 Å². The quantitative estimate of drug-likeness (QED) is 0.788. The van der Waals surface area contributed by atoms with E-state index in [1.807, 2.05) is 29.2 Å². The largest absolute Gasteiger partial charge is 0.508 e. The van der Waals surface area contributed by atoms with Crippen molar-refractivity contribution < 1.29 is 9.90 Å². The maximum absolute atomic E-state index is 12.8. The Morgan fingerprint density at radius 3 is 2.83 bits per heavy atom. The molecule has 1 N–H and O–H groups in total. The van der Waals surface area contributed by atoms with Crippen molar-refractivity contribution in [2.45, 2.75) is 25.3 Å². The Morgan fingerprint density at radius 1 is 1.21 bits per heavy atom. The van der Waals surface area contributed by atoms with Gasteiger partial charge >= 0.3 is 0 Å². The molecule has 0 aliphatic carbocycles. The Bertz CT molecular complexity index is 857. The van der Waals surface area contributed by atoms with Gasteiger partial charge in [-0.3, -0.25) is 4.79 Å². The molecule has 2 heterocycles. The minimum absolute atomic E-state index is 0.0539. The van der Waals surface area contributed by atoms with Crippen LogP contribution >= 0.6 is 11.3 Å². The van der Waals surface area contributed by atoms with E-state index < -0.39 is 0 Å². The van der Waals surface area contributed by atoms with E-state index in [2.05, 4.69) is 6.07 Å². The fraction of sp³-hybridized carbons (Fsp3) is 0.263. The molecule has 1 saturated heterocycles. The van der Waals surface area contributed by atoms with Crippen LogP contribution < -0.4 is 0 Å². The first-order valence-electron chi connectivity index (χ1n) is 8.14. The molecule has 2 aromatic carbocycles. The molecular weight excluding hydrogens is 320 g/mol. The summed E-state index contributed by atoms with van der Waals surface area (Å²) in [6, 6.07) is 15.2. The second-order valence-corrected chi connectivity index (χ2v) is 7.13. The number of likely N-dealkylation sites (tertiary alicyclic amines) is 1. The van der Waals surface area contributed by atoms with E-state index in [1.165, 1.54) is 0 Å². The first-order chi connectivity index (χ1) is 11.7. The number of fused-ring (bicyclic) bond motifs is 1. The van der Waals surface area contributed by atoms with Crippen molar-refractivity contribution >= 4 is 27.5 Å². The number of aromatic nitrogens is 1. The molecule has 1 aromatic heterocycles. The summed E-state index contributed by atoms with van der Waals surface area (Å²) in [5, 5.41) is 10.9. The molecule has 0 unspecified atom stereocenters. The van der Waals surface area contributed by atoms with Crippen molar-refractivity contribution in [2.24, 2.45) is 0 Å². The van der Waals surface area contributed by atoms with Gasteiger partial charge in [0, 0.05) is 12.1 Å². The molecule has 0 radical (unpaired) electrons. The number of benzene rings is 2. The van der Waals surface area contributed by atoms with Crippen LogP contribution in [0.5, 0.6) is 5.75 Å². The number of aromatic hydroxyl groups is 1. The molecule has 1 aliphatic heterocycles. The zero-order valence-corrected chi connectivity index (χ0v) is 14.0. The lowest BCUT2D eigenvalue weighted by molar-refractivity contribution is -0.131. The maximum atomic E-state index is 12.8. The Morgan fingerprint density at radius 2 is 2.00 bits per heavy atom. The third kappa shape index (κ3) is 2.76. The van der Waals surface area contributed by atoms with Crippen molar-refractivity contribution in [1.82, 2.24) is 9.88 Å². The fourth-order valence-electron chi connectivity index (χ4n) is 3.28. The van der Waals surface area contributed by atoms with E-state index >= 15 is 0 Å². The second kappa shape index (κ2) is 6.24. The molecule has 3 aromatic rings. The number of para-hydroxylation sites is 2. The highest BCUT2D eigenvalue weighted by Gasteiger charge is 2.32. The second-order valence-electron chi connectivity index (χ2n) is 6.07. The van der Waals surface area contributed by atoms with Gasteiger partial charge in [-0.05, 0) is 31.0 Å². The molecule has 1 fully saturated rings. The Kier molecular flexibility index (Phi) is 3.94. The van der Waals surface area contributed by atoms with Gasteiger partial charge in [0.05, 0.1) is 22.7 Å². The zero-order chi connectivity index (χ0) is 16.5. The lowest BCUT2D eigenvalue weighted by atomic mass is 10.1. The SMILES string of the molecule is O=C(Cc1ccccc1O)N1CCC[C@H]1c1nc2ccccc2s1. The number of carbonyl (C=O) groups excluding carboxylic acids is 1. The molecule has 1 aliphatic rings. The lowest BCUT2D eigenvalue weighted by Crippen LogP contribution is -2.31. The maximum Gasteiger partial charge on any atom is 0.227 e. The molecule has 0 saturated carbocycles. The van der Waals surface area contributed by atoms with Gasteiger partial charge in [-0.25, -0.2) is 4.98 Å². The van der Waals surface area contributed by atoms with E-state index in [9.17, 15) is 9.90 Å². The monoisotopic (exact) mass is 338 g/mol. The van der Waals surface area contributed by atoms with Crippen LogP contribution in [0, 0.1) is 0 Å². The number of phenols is 1. The number of amides is 1. The molecule has 4 rings (SSSR count). The first kappa shape index (κ1) is 15.1. The summed E-state index contributed by atoms with van der Waals surface area (Å²) in [5.74, 6) is 0.236. The standard InChI is InChI=1S/C19H18N2O2S/c22-16-9-3-1-6-13(16)12-18(23)21-11-5-8-15(21)19-20-14-7-2-4-10-17(14)24-19/h1-4,6-7,9-10,15,22H,5,8,11-12H2/t15-/m0/s1. The number of hydrogen-bond acceptors (Lipinski definition) is 4. The third-order valence-corrected chi connectivity index (χ3v) is 5.64. The van der Waals surface area contributed by atoms with E-state index in [-0.39, 0.29) is 24.1 Å². The van der Waals surface area contributed by atoms with Gasteiger partial charge in [-0.15, -0.1) is 11.3 Å². The van der Waals surface area contributed by atoms with Crippen molar-refractivity contribution in [3.8, 4) is 5.75 Å². The molecule has 4 nitrogen and oxygen atoms in total. The third-order valence-electron chi connectivity index (χ3n) is 4.50. The molecule has 0 spiro atoms. The van der Waals surface area contributed by atoms with Crippen LogP contribution in [-0.4, -0.2) is 27.4 Å². The molecule has 24 heavy (non-hydrogen) atoms. The van der Waals surface area contributed by atoms with Crippen LogP contribution in [0.15, 0.2) is 48.5 Å². The smallest absolute Gasteiger partial charge is 0.227 e. The van der Waals surface area contributed by atoms with E-state index in [4.69, 9.17) is 4.98 Å². The summed E-state index contributed by atoms with van der Waals surface area (Å²) in [6.07, 6.45) is 2.17. The molecule has 1 atom stereocenters. The first-order valence-corrected chi connectivity index (χ1v) is 8.96. The van der Waals surface area contributed by atoms with Crippen LogP contribution in [-0.2, 0) is 11.2 Å². The van der Waals surface area contributed by atoms with E-state index in [0.29, 0.717) is 5.56 Å². The van der Waals surface area contributed by atoms with Gasteiger partial charge in [-0.1, -0.05) is 30.3 Å². The average Bonchev–Trinajstić information content (AvgIpc) is 3.23. The highest BCUT2D eigenvalue weighted by molar-refractivity contribution is 7.18. The highest BCUT2D eigenvalue weighted by Crippen LogP contribution is 2.36. The average molecular weight is 338 g/mol. The topological polar surface area (TPSA) is 53.4 Å². The van der Waals surface area contributed by atoms with Crippen LogP contribution in [0.25, 0.3) is 10.2 Å². The van der Waals surface area contributed by atoms with E-state index in [1.54, 1.807) is 29.5 Å². The van der Waals surface area contributed by atoms with Gasteiger partial charge in [0.2, 0.25) is 5.91 Å². The lowest BCUT2D eigenvalue weighted by Gasteiger charge is -2.23. The van der Waals surface area contributed by atoms with Crippen molar-refractivity contribution in [1.29, 1.82) is 0 Å². The van der Waals surface area contributed by atoms with Gasteiger partial charge in [0.1, 0.15) is 10.8 Å². The van der Waals surface area contributed by atoms with Gasteiger partial charge in [-0.2, -0.15) is 0 Å². The summed E-state index contributed by atoms with van der Waals surface area (Å²) in [7, 11) is 0. The zero-order valence-electron chi connectivity index (χ0n) is 13.2. The summed E-state index contributed by atoms with van der Waals surface area (Å²) in [6.45, 7) is 0.757. The fourth-order valence-corrected chi connectivity index (χ4v) is 4.39. The predicted octanol–water partition coefficient (Wildman–Crippen LogP) is 3.91. The normalized spacial score (nSPS) is 17.5. The van der Waals surface area contributed by atoms with Crippen molar-refractivity contribution in [3.05, 3.63) is 59.1 Å². The Balaban J connectivity index is 1.58. The van der Waals surface area contributed by atoms with Crippen LogP contribution in [0.1, 0.15) is 29.5 Å². The summed E-state index contributed by atoms with van der Waals surface area (Å²) in [4.78, 5) is 19.4. The molecule has 122 valence electrons. The molecule has 5 heteroatoms. The minimum atomic E-state index is 0.0539. The van der Waals surface area contributed by atoms with Gasteiger partial charge in [0.25, 0.3) is 0 Å². The predicted molar refractivity (Wildman–Crippen MR) is 95.1 cm³/mol. The van der Waals surface area contributed by atoms with Gasteiger partial charge in [0.15, 0.2) is 0 Å². The summed E-state index contributed by atoms with van der Waals surface area (Å²) in [5.41, 5.74) is 1.68. The number of rotatable bonds is 3. The minimum Gasteiger partial charge on any atom is -0.508 e. The van der Waals surface area contributed by atoms with Crippen molar-refractivity contribution in [3.63, 3.8) is 0 Å². The number of thiazole rings is 1. The van der Waals surface area contributed by atoms with Crippen molar-refractivity contribution in [2.75, 3.05) is 6.54 Å². The summed E-state index contributed by atoms with van der Waals surface area (Å²) >= 11 is 1.67. The number of carbonyl (C=O) groups is 1. The number of hydrogen-bond donors (Lipinski definition) is 1. The Hall–Kier alpha value is -2.40. The van der Waals surface area contributed by atoms with Crippen LogP contribution in [0.4, 0.5) is 0 Å². The van der Waals surface area contributed by atoms with Crippen LogP contribution in [0.3, 0.4) is 0 Å². The van der Waals surface area contributed by atoms with E-state index in [0.717, 1.165) is 34.6 Å². The molecular formula is C19H18N2O2S. The number of phenolic OH excluding ortho intramolecular Hbond substituents is 1. The molecule has 0 bridgehead atoms. The number of nitrogens with zero attached hydrogens (tertiary/aromatic N) is 2.